The quantitative estimate of drug-likeness (QED) is 0.849. The number of nitrogens with zero attached hydrogens (tertiary/aromatic N) is 1. The molecule has 2 aromatic rings. The zero-order valence-corrected chi connectivity index (χ0v) is 11.6. The Kier molecular flexibility index (Phi) is 4.07. The first kappa shape index (κ1) is 12.5. The third kappa shape index (κ3) is 2.64. The van der Waals surface area contributed by atoms with Crippen LogP contribution >= 0.6 is 24.0 Å². The molecule has 17 heavy (non-hydrogen) atoms. The molecule has 1 aromatic heterocycles. The second-order valence-electron chi connectivity index (χ2n) is 3.63. The van der Waals surface area contributed by atoms with Crippen molar-refractivity contribution >= 4 is 24.0 Å². The third-order valence-electron chi connectivity index (χ3n) is 2.59. The maximum atomic E-state index is 5.15. The number of hydrogen-bond acceptors (Lipinski definition) is 4. The fourth-order valence-electron chi connectivity index (χ4n) is 1.64. The molecule has 1 heterocycles. The van der Waals surface area contributed by atoms with Crippen LogP contribution in [0.2, 0.25) is 0 Å². The van der Waals surface area contributed by atoms with Gasteiger partial charge in [0.1, 0.15) is 10.8 Å². The molecule has 0 saturated carbocycles. The SMILES string of the molecule is CCc1nc(-c2ccc(OC)cc2)sc1CS. The van der Waals surface area contributed by atoms with Crippen molar-refractivity contribution in [1.29, 1.82) is 0 Å². The van der Waals surface area contributed by atoms with E-state index in [9.17, 15) is 0 Å². The van der Waals surface area contributed by atoms with Crippen molar-refractivity contribution in [1.82, 2.24) is 4.98 Å². The molecule has 0 aliphatic rings. The van der Waals surface area contributed by atoms with Crippen molar-refractivity contribution in [2.24, 2.45) is 0 Å². The maximum Gasteiger partial charge on any atom is 0.123 e. The third-order valence-corrected chi connectivity index (χ3v) is 4.27. The highest BCUT2D eigenvalue weighted by atomic mass is 32.1. The molecule has 0 atom stereocenters. The fraction of sp³-hybridized carbons (Fsp3) is 0.308. The fourth-order valence-corrected chi connectivity index (χ4v) is 3.03. The summed E-state index contributed by atoms with van der Waals surface area (Å²) in [6, 6.07) is 8.00. The van der Waals surface area contributed by atoms with Crippen molar-refractivity contribution in [3.8, 4) is 16.3 Å². The predicted molar refractivity (Wildman–Crippen MR) is 76.2 cm³/mol. The molecular formula is C13H15NOS2. The van der Waals surface area contributed by atoms with Crippen LogP contribution in [0.5, 0.6) is 5.75 Å². The normalized spacial score (nSPS) is 10.5. The van der Waals surface area contributed by atoms with Gasteiger partial charge in [0, 0.05) is 16.2 Å². The number of methoxy groups -OCH3 is 1. The standard InChI is InChI=1S/C13H15NOS2/c1-3-11-12(8-16)17-13(14-11)9-4-6-10(15-2)7-5-9/h4-7,16H,3,8H2,1-2H3. The Morgan fingerprint density at radius 3 is 2.47 bits per heavy atom. The van der Waals surface area contributed by atoms with Gasteiger partial charge in [-0.1, -0.05) is 6.92 Å². The first-order chi connectivity index (χ1) is 8.28. The number of ether oxygens (including phenoxy) is 1. The molecule has 1 aromatic carbocycles. The van der Waals surface area contributed by atoms with Crippen LogP contribution in [0.4, 0.5) is 0 Å². The molecule has 0 fully saturated rings. The highest BCUT2D eigenvalue weighted by Gasteiger charge is 2.09. The average molecular weight is 265 g/mol. The minimum atomic E-state index is 0.761. The first-order valence-electron chi connectivity index (χ1n) is 5.52. The summed E-state index contributed by atoms with van der Waals surface area (Å²) in [6.45, 7) is 2.12. The molecule has 0 saturated heterocycles. The van der Waals surface area contributed by atoms with Gasteiger partial charge in [-0.3, -0.25) is 0 Å². The van der Waals surface area contributed by atoms with E-state index in [-0.39, 0.29) is 0 Å². The molecule has 2 nitrogen and oxygen atoms in total. The lowest BCUT2D eigenvalue weighted by molar-refractivity contribution is 0.415. The van der Waals surface area contributed by atoms with Gasteiger partial charge < -0.3 is 4.74 Å². The van der Waals surface area contributed by atoms with Crippen LogP contribution in [0.15, 0.2) is 24.3 Å². The van der Waals surface area contributed by atoms with E-state index >= 15 is 0 Å². The van der Waals surface area contributed by atoms with Gasteiger partial charge in [-0.2, -0.15) is 12.6 Å². The van der Waals surface area contributed by atoms with E-state index < -0.39 is 0 Å². The van der Waals surface area contributed by atoms with Gasteiger partial charge in [0.15, 0.2) is 0 Å². The Morgan fingerprint density at radius 2 is 2.00 bits per heavy atom. The second-order valence-corrected chi connectivity index (χ2v) is 5.03. The van der Waals surface area contributed by atoms with Gasteiger partial charge in [-0.25, -0.2) is 4.98 Å². The molecule has 0 aliphatic carbocycles. The number of benzene rings is 1. The van der Waals surface area contributed by atoms with Crippen molar-refractivity contribution in [2.45, 2.75) is 19.1 Å². The van der Waals surface area contributed by atoms with Crippen LogP contribution in [0.25, 0.3) is 10.6 Å². The lowest BCUT2D eigenvalue weighted by Crippen LogP contribution is -1.85. The summed E-state index contributed by atoms with van der Waals surface area (Å²) < 4.78 is 5.15. The average Bonchev–Trinajstić information content (AvgIpc) is 2.82. The number of thiol groups is 1. The van der Waals surface area contributed by atoms with Crippen LogP contribution in [-0.2, 0) is 12.2 Å². The van der Waals surface area contributed by atoms with Gasteiger partial charge in [-0.15, -0.1) is 11.3 Å². The summed E-state index contributed by atoms with van der Waals surface area (Å²) in [5.41, 5.74) is 2.30. The highest BCUT2D eigenvalue weighted by molar-refractivity contribution is 7.79. The van der Waals surface area contributed by atoms with Crippen LogP contribution in [0, 0.1) is 0 Å². The minimum absolute atomic E-state index is 0.761. The molecular weight excluding hydrogens is 250 g/mol. The molecule has 0 unspecified atom stereocenters. The summed E-state index contributed by atoms with van der Waals surface area (Å²) in [5.74, 6) is 1.63. The summed E-state index contributed by atoms with van der Waals surface area (Å²) in [5, 5.41) is 1.06. The van der Waals surface area contributed by atoms with E-state index in [2.05, 4.69) is 24.5 Å². The summed E-state index contributed by atoms with van der Waals surface area (Å²) >= 11 is 6.06. The zero-order valence-electron chi connectivity index (χ0n) is 9.93. The molecule has 90 valence electrons. The number of rotatable bonds is 4. The monoisotopic (exact) mass is 265 g/mol. The molecule has 0 bridgehead atoms. The van der Waals surface area contributed by atoms with Crippen molar-refractivity contribution in [3.63, 3.8) is 0 Å². The topological polar surface area (TPSA) is 22.1 Å². The van der Waals surface area contributed by atoms with Crippen LogP contribution in [-0.4, -0.2) is 12.1 Å². The molecule has 4 heteroatoms. The number of thiazole rings is 1. The summed E-state index contributed by atoms with van der Waals surface area (Å²) in [4.78, 5) is 5.92. The number of aromatic nitrogens is 1. The van der Waals surface area contributed by atoms with E-state index in [0.29, 0.717) is 0 Å². The Morgan fingerprint density at radius 1 is 1.29 bits per heavy atom. The molecule has 0 radical (unpaired) electrons. The van der Waals surface area contributed by atoms with E-state index in [1.54, 1.807) is 18.4 Å². The van der Waals surface area contributed by atoms with Gasteiger partial charge in [0.2, 0.25) is 0 Å². The summed E-state index contributed by atoms with van der Waals surface area (Å²) in [6.07, 6.45) is 0.961. The van der Waals surface area contributed by atoms with Crippen molar-refractivity contribution < 1.29 is 4.74 Å². The Balaban J connectivity index is 2.35. The maximum absolute atomic E-state index is 5.15. The van der Waals surface area contributed by atoms with Crippen molar-refractivity contribution in [3.05, 3.63) is 34.8 Å². The van der Waals surface area contributed by atoms with Gasteiger partial charge >= 0.3 is 0 Å². The molecule has 2 rings (SSSR count). The Bertz CT molecular complexity index is 469. The zero-order chi connectivity index (χ0) is 12.3. The van der Waals surface area contributed by atoms with E-state index in [4.69, 9.17) is 4.74 Å². The molecule has 0 N–H and O–H groups in total. The van der Waals surface area contributed by atoms with Crippen LogP contribution < -0.4 is 4.74 Å². The lowest BCUT2D eigenvalue weighted by atomic mass is 10.2. The van der Waals surface area contributed by atoms with E-state index in [1.165, 1.54) is 4.88 Å². The van der Waals surface area contributed by atoms with Gasteiger partial charge in [0.25, 0.3) is 0 Å². The summed E-state index contributed by atoms with van der Waals surface area (Å²) in [7, 11) is 1.67. The van der Waals surface area contributed by atoms with Crippen LogP contribution in [0.1, 0.15) is 17.5 Å². The Labute approximate surface area is 111 Å². The van der Waals surface area contributed by atoms with Gasteiger partial charge in [0.05, 0.1) is 12.8 Å². The van der Waals surface area contributed by atoms with E-state index in [1.807, 2.05) is 24.3 Å². The van der Waals surface area contributed by atoms with Crippen molar-refractivity contribution in [2.75, 3.05) is 7.11 Å². The smallest absolute Gasteiger partial charge is 0.123 e. The lowest BCUT2D eigenvalue weighted by Gasteiger charge is -2.00. The predicted octanol–water partition coefficient (Wildman–Crippen LogP) is 3.81. The molecule has 0 amide bonds. The second kappa shape index (κ2) is 5.56. The Hall–Kier alpha value is -1.00. The van der Waals surface area contributed by atoms with Gasteiger partial charge in [-0.05, 0) is 30.7 Å². The molecule has 0 aliphatic heterocycles. The van der Waals surface area contributed by atoms with E-state index in [0.717, 1.165) is 34.2 Å². The first-order valence-corrected chi connectivity index (χ1v) is 6.97. The minimum Gasteiger partial charge on any atom is -0.497 e. The highest BCUT2D eigenvalue weighted by Crippen LogP contribution is 2.30. The van der Waals surface area contributed by atoms with Crippen LogP contribution in [0.3, 0.4) is 0 Å². The number of aryl methyl sites for hydroxylation is 1. The largest absolute Gasteiger partial charge is 0.497 e. The number of hydrogen-bond donors (Lipinski definition) is 1. The molecule has 0 spiro atoms.